The van der Waals surface area contributed by atoms with Crippen LogP contribution >= 0.6 is 23.1 Å². The van der Waals surface area contributed by atoms with Crippen molar-refractivity contribution in [2.24, 2.45) is 23.7 Å². The zero-order valence-corrected chi connectivity index (χ0v) is 18.8. The van der Waals surface area contributed by atoms with E-state index in [1.165, 1.54) is 42.4 Å². The molecular weight excluding hydrogens is 406 g/mol. The topological polar surface area (TPSA) is 87.5 Å². The average molecular weight is 438 g/mol. The van der Waals surface area contributed by atoms with E-state index in [1.54, 1.807) is 5.38 Å². The molecule has 0 aromatic carbocycles. The summed E-state index contributed by atoms with van der Waals surface area (Å²) >= 11 is 2.86. The molecule has 0 spiro atoms. The van der Waals surface area contributed by atoms with E-state index in [2.05, 4.69) is 24.1 Å². The Labute approximate surface area is 181 Å². The zero-order valence-electron chi connectivity index (χ0n) is 17.2. The second-order valence-electron chi connectivity index (χ2n) is 8.69. The number of rotatable bonds is 10. The highest BCUT2D eigenvalue weighted by atomic mass is 32.2. The van der Waals surface area contributed by atoms with Crippen molar-refractivity contribution in [3.05, 3.63) is 23.2 Å². The first-order chi connectivity index (χ1) is 13.8. The normalized spacial score (nSPS) is 25.8. The molecule has 0 saturated heterocycles. The maximum absolute atomic E-state index is 12.3. The first kappa shape index (κ1) is 22.5. The predicted molar refractivity (Wildman–Crippen MR) is 117 cm³/mol. The number of nitrogens with zero attached hydrogens (tertiary/aromatic N) is 1. The summed E-state index contributed by atoms with van der Waals surface area (Å²) < 4.78 is 0.737. The minimum atomic E-state index is -1.01. The lowest BCUT2D eigenvalue weighted by molar-refractivity contribution is -0.121. The van der Waals surface area contributed by atoms with Crippen LogP contribution in [0.2, 0.25) is 0 Å². The van der Waals surface area contributed by atoms with Crippen LogP contribution < -0.4 is 0 Å². The SMILES string of the molecule is CC(C1CCC1)[C@@](C)(O)C/C=C/[C@H]1CCC(=O)[C@@H]1CCSc1nc(C(=O)O)cs1. The molecule has 1 aromatic heterocycles. The summed E-state index contributed by atoms with van der Waals surface area (Å²) in [7, 11) is 0. The molecule has 160 valence electrons. The number of ketones is 1. The van der Waals surface area contributed by atoms with Gasteiger partial charge in [-0.3, -0.25) is 4.79 Å². The van der Waals surface area contributed by atoms with Crippen molar-refractivity contribution in [2.75, 3.05) is 5.75 Å². The van der Waals surface area contributed by atoms with Gasteiger partial charge < -0.3 is 10.2 Å². The van der Waals surface area contributed by atoms with Crippen molar-refractivity contribution < 1.29 is 19.8 Å². The summed E-state index contributed by atoms with van der Waals surface area (Å²) in [5, 5.41) is 21.4. The van der Waals surface area contributed by atoms with E-state index in [0.717, 1.165) is 22.9 Å². The highest BCUT2D eigenvalue weighted by Crippen LogP contribution is 2.40. The Morgan fingerprint density at radius 2 is 2.21 bits per heavy atom. The molecule has 3 rings (SSSR count). The molecule has 7 heteroatoms. The first-order valence-electron chi connectivity index (χ1n) is 10.5. The Kier molecular flexibility index (Phi) is 7.57. The molecule has 4 atom stereocenters. The van der Waals surface area contributed by atoms with E-state index in [-0.39, 0.29) is 17.5 Å². The Morgan fingerprint density at radius 3 is 2.83 bits per heavy atom. The van der Waals surface area contributed by atoms with Crippen molar-refractivity contribution in [3.63, 3.8) is 0 Å². The van der Waals surface area contributed by atoms with Gasteiger partial charge >= 0.3 is 5.97 Å². The van der Waals surface area contributed by atoms with Gasteiger partial charge in [-0.1, -0.05) is 50.1 Å². The van der Waals surface area contributed by atoms with Crippen LogP contribution in [-0.4, -0.2) is 38.3 Å². The number of thiazole rings is 1. The smallest absolute Gasteiger partial charge is 0.355 e. The van der Waals surface area contributed by atoms with Crippen molar-refractivity contribution in [3.8, 4) is 0 Å². The third-order valence-electron chi connectivity index (χ3n) is 6.76. The second kappa shape index (κ2) is 9.75. The molecule has 0 radical (unpaired) electrons. The highest BCUT2D eigenvalue weighted by Gasteiger charge is 2.36. The summed E-state index contributed by atoms with van der Waals surface area (Å²) in [6.45, 7) is 4.10. The number of carbonyl (C=O) groups is 2. The van der Waals surface area contributed by atoms with E-state index in [4.69, 9.17) is 5.11 Å². The van der Waals surface area contributed by atoms with Crippen LogP contribution in [0.15, 0.2) is 21.9 Å². The van der Waals surface area contributed by atoms with Gasteiger partial charge in [-0.25, -0.2) is 9.78 Å². The van der Waals surface area contributed by atoms with E-state index >= 15 is 0 Å². The van der Waals surface area contributed by atoms with Crippen LogP contribution in [0.1, 0.15) is 69.3 Å². The number of hydrogen-bond acceptors (Lipinski definition) is 6. The molecule has 2 fully saturated rings. The molecule has 5 nitrogen and oxygen atoms in total. The van der Waals surface area contributed by atoms with Crippen LogP contribution in [0.5, 0.6) is 0 Å². The van der Waals surface area contributed by atoms with Crippen LogP contribution in [-0.2, 0) is 4.79 Å². The van der Waals surface area contributed by atoms with Crippen LogP contribution in [0.3, 0.4) is 0 Å². The molecule has 2 aliphatic rings. The fourth-order valence-corrected chi connectivity index (χ4v) is 6.24. The molecule has 2 aliphatic carbocycles. The van der Waals surface area contributed by atoms with Crippen molar-refractivity contribution >= 4 is 34.9 Å². The largest absolute Gasteiger partial charge is 0.476 e. The molecule has 0 bridgehead atoms. The number of carboxylic acids is 1. The van der Waals surface area contributed by atoms with E-state index in [1.807, 2.05) is 6.92 Å². The molecule has 0 aliphatic heterocycles. The lowest BCUT2D eigenvalue weighted by Gasteiger charge is -2.40. The van der Waals surface area contributed by atoms with Gasteiger partial charge in [0.1, 0.15) is 5.78 Å². The lowest BCUT2D eigenvalue weighted by atomic mass is 9.69. The van der Waals surface area contributed by atoms with Crippen molar-refractivity contribution in [1.29, 1.82) is 0 Å². The standard InChI is InChI=1S/C22H31NO4S2/c1-14(15-5-3-6-15)22(2,27)11-4-7-16-8-9-19(24)17(16)10-12-28-21-23-18(13-29-21)20(25)26/h4,7,13-17,27H,3,5-6,8-12H2,1-2H3,(H,25,26)/b7-4+/t14?,16-,17+,22-/m0/s1. The van der Waals surface area contributed by atoms with Gasteiger partial charge in [0.05, 0.1) is 5.60 Å². The number of Topliss-reactive ketones (excluding diaryl/α,β-unsaturated/α-hetero) is 1. The summed E-state index contributed by atoms with van der Waals surface area (Å²) in [5.74, 6) is 1.27. The van der Waals surface area contributed by atoms with Gasteiger partial charge in [0, 0.05) is 23.5 Å². The van der Waals surface area contributed by atoms with Crippen molar-refractivity contribution in [2.45, 2.75) is 68.7 Å². The summed E-state index contributed by atoms with van der Waals surface area (Å²) in [6.07, 6.45) is 10.9. The minimum Gasteiger partial charge on any atom is -0.476 e. The summed E-state index contributed by atoms with van der Waals surface area (Å²) in [6, 6.07) is 0. The van der Waals surface area contributed by atoms with E-state index in [0.29, 0.717) is 30.5 Å². The molecule has 1 aromatic rings. The van der Waals surface area contributed by atoms with E-state index < -0.39 is 11.6 Å². The quantitative estimate of drug-likeness (QED) is 0.393. The number of thioether (sulfide) groups is 1. The monoisotopic (exact) mass is 437 g/mol. The molecule has 2 N–H and O–H groups in total. The van der Waals surface area contributed by atoms with Gasteiger partial charge in [-0.05, 0) is 43.9 Å². The fraction of sp³-hybridized carbons (Fsp3) is 0.682. The van der Waals surface area contributed by atoms with Crippen LogP contribution in [0.4, 0.5) is 0 Å². The molecule has 1 unspecified atom stereocenters. The number of carbonyl (C=O) groups excluding carboxylic acids is 1. The number of hydrogen-bond donors (Lipinski definition) is 2. The van der Waals surface area contributed by atoms with Gasteiger partial charge in [0.15, 0.2) is 10.0 Å². The molecule has 29 heavy (non-hydrogen) atoms. The van der Waals surface area contributed by atoms with Gasteiger partial charge in [0.25, 0.3) is 0 Å². The number of carboxylic acid groups (broad SMARTS) is 1. The maximum Gasteiger partial charge on any atom is 0.355 e. The third-order valence-corrected chi connectivity index (χ3v) is 8.82. The minimum absolute atomic E-state index is 0.0201. The number of aliphatic hydroxyl groups is 1. The first-order valence-corrected chi connectivity index (χ1v) is 12.4. The van der Waals surface area contributed by atoms with Gasteiger partial charge in [-0.2, -0.15) is 0 Å². The highest BCUT2D eigenvalue weighted by molar-refractivity contribution is 8.01. The second-order valence-corrected chi connectivity index (χ2v) is 10.9. The molecule has 0 amide bonds. The Bertz CT molecular complexity index is 754. The maximum atomic E-state index is 12.3. The average Bonchev–Trinajstić information content (AvgIpc) is 3.22. The predicted octanol–water partition coefficient (Wildman–Crippen LogP) is 5.05. The molecular formula is C22H31NO4S2. The summed E-state index contributed by atoms with van der Waals surface area (Å²) in [4.78, 5) is 27.3. The molecule has 2 saturated carbocycles. The summed E-state index contributed by atoms with van der Waals surface area (Å²) in [5.41, 5.74) is -0.610. The third kappa shape index (κ3) is 5.70. The van der Waals surface area contributed by atoms with Crippen molar-refractivity contribution in [1.82, 2.24) is 4.98 Å². The lowest BCUT2D eigenvalue weighted by Crippen LogP contribution is -2.39. The number of aromatic nitrogens is 1. The van der Waals surface area contributed by atoms with Crippen LogP contribution in [0.25, 0.3) is 0 Å². The Hall–Kier alpha value is -1.18. The fourth-order valence-electron chi connectivity index (χ4n) is 4.35. The Morgan fingerprint density at radius 1 is 1.45 bits per heavy atom. The zero-order chi connectivity index (χ0) is 21.0. The van der Waals surface area contributed by atoms with Gasteiger partial charge in [-0.15, -0.1) is 11.3 Å². The number of allylic oxidation sites excluding steroid dienone is 1. The number of aromatic carboxylic acids is 1. The van der Waals surface area contributed by atoms with E-state index in [9.17, 15) is 14.7 Å². The molecule has 1 heterocycles. The van der Waals surface area contributed by atoms with Gasteiger partial charge in [0.2, 0.25) is 0 Å². The van der Waals surface area contributed by atoms with Crippen LogP contribution in [0, 0.1) is 23.7 Å². The Balaban J connectivity index is 1.48.